The molecule has 3 heteroatoms. The maximum absolute atomic E-state index is 4.36. The lowest BCUT2D eigenvalue weighted by molar-refractivity contribution is 0.422. The smallest absolute Gasteiger partial charge is 0.202 e. The molecule has 0 aliphatic carbocycles. The first kappa shape index (κ1) is 9.56. The van der Waals surface area contributed by atoms with Crippen LogP contribution >= 0.6 is 0 Å². The van der Waals surface area contributed by atoms with Crippen molar-refractivity contribution in [3.8, 4) is 0 Å². The van der Waals surface area contributed by atoms with Gasteiger partial charge in [0.2, 0.25) is 5.95 Å². The first-order valence-corrected chi connectivity index (χ1v) is 5.43. The lowest BCUT2D eigenvalue weighted by Gasteiger charge is -2.16. The van der Waals surface area contributed by atoms with Gasteiger partial charge in [-0.05, 0) is 25.2 Å². The predicted molar refractivity (Wildman–Crippen MR) is 58.5 cm³/mol. The third-order valence-electron chi connectivity index (χ3n) is 3.16. The second-order valence-corrected chi connectivity index (χ2v) is 4.63. The molecule has 2 heterocycles. The fourth-order valence-electron chi connectivity index (χ4n) is 2.08. The first-order valence-electron chi connectivity index (χ1n) is 5.43. The molecule has 1 aromatic rings. The van der Waals surface area contributed by atoms with Gasteiger partial charge in [-0.15, -0.1) is 0 Å². The average Bonchev–Trinajstić information content (AvgIpc) is 2.70. The van der Waals surface area contributed by atoms with Crippen molar-refractivity contribution in [1.29, 1.82) is 0 Å². The molecule has 1 atom stereocenters. The summed E-state index contributed by atoms with van der Waals surface area (Å²) in [4.78, 5) is 10.0. The maximum Gasteiger partial charge on any atom is 0.202 e. The van der Waals surface area contributed by atoms with E-state index >= 15 is 0 Å². The number of nitrogens with zero attached hydrogens (tertiary/aromatic N) is 2. The quantitative estimate of drug-likeness (QED) is 0.781. The Morgan fingerprint density at radius 2 is 2.36 bits per heavy atom. The number of imidazole rings is 1. The van der Waals surface area contributed by atoms with Crippen LogP contribution in [0.3, 0.4) is 0 Å². The van der Waals surface area contributed by atoms with Gasteiger partial charge >= 0.3 is 0 Å². The van der Waals surface area contributed by atoms with Crippen molar-refractivity contribution in [2.45, 2.75) is 27.2 Å². The lowest BCUT2D eigenvalue weighted by atomic mass is 9.95. The zero-order valence-corrected chi connectivity index (χ0v) is 9.25. The molecule has 2 rings (SSSR count). The zero-order valence-electron chi connectivity index (χ0n) is 9.25. The summed E-state index contributed by atoms with van der Waals surface area (Å²) in [5, 5.41) is 0. The van der Waals surface area contributed by atoms with Crippen LogP contribution in [0, 0.1) is 18.8 Å². The van der Waals surface area contributed by atoms with E-state index < -0.39 is 0 Å². The Morgan fingerprint density at radius 3 is 2.86 bits per heavy atom. The number of aromatic nitrogens is 2. The van der Waals surface area contributed by atoms with Gasteiger partial charge in [-0.25, -0.2) is 4.98 Å². The van der Waals surface area contributed by atoms with Crippen molar-refractivity contribution in [3.05, 3.63) is 11.9 Å². The van der Waals surface area contributed by atoms with Gasteiger partial charge in [0.1, 0.15) is 0 Å². The molecule has 0 spiro atoms. The second kappa shape index (κ2) is 3.64. The van der Waals surface area contributed by atoms with Gasteiger partial charge < -0.3 is 9.88 Å². The summed E-state index contributed by atoms with van der Waals surface area (Å²) in [7, 11) is 0. The number of aryl methyl sites for hydroxylation is 1. The molecule has 1 saturated heterocycles. The zero-order chi connectivity index (χ0) is 10.1. The van der Waals surface area contributed by atoms with Gasteiger partial charge in [0.05, 0.1) is 0 Å². The summed E-state index contributed by atoms with van der Waals surface area (Å²) in [5.74, 6) is 2.67. The third kappa shape index (κ3) is 1.76. The third-order valence-corrected chi connectivity index (χ3v) is 3.16. The number of nitrogens with one attached hydrogen (secondary N) is 1. The van der Waals surface area contributed by atoms with Crippen LogP contribution in [0.2, 0.25) is 0 Å². The molecule has 0 aromatic carbocycles. The highest BCUT2D eigenvalue weighted by atomic mass is 15.3. The fraction of sp³-hybridized carbons (Fsp3) is 0.727. The van der Waals surface area contributed by atoms with Gasteiger partial charge in [0.25, 0.3) is 0 Å². The van der Waals surface area contributed by atoms with Gasteiger partial charge in [-0.2, -0.15) is 0 Å². The second-order valence-electron chi connectivity index (χ2n) is 4.63. The molecule has 0 saturated carbocycles. The van der Waals surface area contributed by atoms with Gasteiger partial charge in [0.15, 0.2) is 0 Å². The molecule has 1 fully saturated rings. The summed E-state index contributed by atoms with van der Waals surface area (Å²) >= 11 is 0. The maximum atomic E-state index is 4.36. The van der Waals surface area contributed by atoms with E-state index in [-0.39, 0.29) is 0 Å². The molecule has 1 unspecified atom stereocenters. The topological polar surface area (TPSA) is 31.9 Å². The number of rotatable bonds is 2. The summed E-state index contributed by atoms with van der Waals surface area (Å²) in [6.45, 7) is 8.97. The number of H-pyrrole nitrogens is 1. The van der Waals surface area contributed by atoms with E-state index in [1.54, 1.807) is 0 Å². The van der Waals surface area contributed by atoms with Crippen LogP contribution in [0.15, 0.2) is 6.20 Å². The molecule has 1 aliphatic rings. The standard InChI is InChI=1S/C11H19N3/c1-8(2)10-4-5-14(7-10)11-12-6-9(3)13-11/h6,8,10H,4-5,7H2,1-3H3,(H,12,13). The molecular weight excluding hydrogens is 174 g/mol. The van der Waals surface area contributed by atoms with Crippen molar-refractivity contribution in [2.24, 2.45) is 11.8 Å². The van der Waals surface area contributed by atoms with Gasteiger partial charge in [-0.3, -0.25) is 0 Å². The van der Waals surface area contributed by atoms with E-state index in [9.17, 15) is 0 Å². The Kier molecular flexibility index (Phi) is 2.48. The van der Waals surface area contributed by atoms with Crippen molar-refractivity contribution < 1.29 is 0 Å². The summed E-state index contributed by atoms with van der Waals surface area (Å²) in [6.07, 6.45) is 3.20. The number of hydrogen-bond donors (Lipinski definition) is 1. The number of aromatic amines is 1. The van der Waals surface area contributed by atoms with Crippen molar-refractivity contribution in [3.63, 3.8) is 0 Å². The molecule has 3 nitrogen and oxygen atoms in total. The monoisotopic (exact) mass is 193 g/mol. The summed E-state index contributed by atoms with van der Waals surface area (Å²) in [5.41, 5.74) is 1.15. The van der Waals surface area contributed by atoms with Crippen molar-refractivity contribution >= 4 is 5.95 Å². The highest BCUT2D eigenvalue weighted by Gasteiger charge is 2.26. The van der Waals surface area contributed by atoms with Gasteiger partial charge in [0, 0.05) is 25.0 Å². The normalized spacial score (nSPS) is 22.3. The van der Waals surface area contributed by atoms with E-state index in [2.05, 4.69) is 28.7 Å². The first-order chi connectivity index (χ1) is 6.66. The predicted octanol–water partition coefficient (Wildman–Crippen LogP) is 2.20. The molecule has 0 bridgehead atoms. The molecular formula is C11H19N3. The molecule has 78 valence electrons. The molecule has 1 aliphatic heterocycles. The highest BCUT2D eigenvalue weighted by Crippen LogP contribution is 2.26. The van der Waals surface area contributed by atoms with E-state index in [1.807, 2.05) is 13.1 Å². The van der Waals surface area contributed by atoms with Crippen molar-refractivity contribution in [2.75, 3.05) is 18.0 Å². The minimum absolute atomic E-state index is 0.788. The fourth-order valence-corrected chi connectivity index (χ4v) is 2.08. The van der Waals surface area contributed by atoms with Crippen LogP contribution in [0.25, 0.3) is 0 Å². The summed E-state index contributed by atoms with van der Waals surface area (Å²) < 4.78 is 0. The Bertz CT molecular complexity index is 303. The Hall–Kier alpha value is -0.990. The Morgan fingerprint density at radius 1 is 1.57 bits per heavy atom. The van der Waals surface area contributed by atoms with E-state index in [0.29, 0.717) is 0 Å². The van der Waals surface area contributed by atoms with Crippen molar-refractivity contribution in [1.82, 2.24) is 9.97 Å². The van der Waals surface area contributed by atoms with Crippen LogP contribution in [0.4, 0.5) is 5.95 Å². The summed E-state index contributed by atoms with van der Waals surface area (Å²) in [6, 6.07) is 0. The Balaban J connectivity index is 2.02. The van der Waals surface area contributed by atoms with E-state index in [4.69, 9.17) is 0 Å². The van der Waals surface area contributed by atoms with E-state index in [0.717, 1.165) is 36.6 Å². The van der Waals surface area contributed by atoms with Crippen LogP contribution < -0.4 is 4.90 Å². The Labute approximate surface area is 85.5 Å². The van der Waals surface area contributed by atoms with Gasteiger partial charge in [-0.1, -0.05) is 13.8 Å². The number of anilines is 1. The highest BCUT2D eigenvalue weighted by molar-refractivity contribution is 5.32. The average molecular weight is 193 g/mol. The van der Waals surface area contributed by atoms with Crippen LogP contribution in [0.5, 0.6) is 0 Å². The molecule has 1 N–H and O–H groups in total. The SMILES string of the molecule is Cc1cnc(N2CCC(C(C)C)C2)[nH]1. The molecule has 0 radical (unpaired) electrons. The largest absolute Gasteiger partial charge is 0.342 e. The lowest BCUT2D eigenvalue weighted by Crippen LogP contribution is -2.22. The molecule has 1 aromatic heterocycles. The van der Waals surface area contributed by atoms with E-state index in [1.165, 1.54) is 6.42 Å². The minimum atomic E-state index is 0.788. The van der Waals surface area contributed by atoms with Crippen LogP contribution in [-0.2, 0) is 0 Å². The molecule has 0 amide bonds. The number of hydrogen-bond acceptors (Lipinski definition) is 2. The minimum Gasteiger partial charge on any atom is -0.342 e. The molecule has 14 heavy (non-hydrogen) atoms. The van der Waals surface area contributed by atoms with Crippen LogP contribution in [-0.4, -0.2) is 23.1 Å². The van der Waals surface area contributed by atoms with Crippen LogP contribution in [0.1, 0.15) is 26.0 Å².